The summed E-state index contributed by atoms with van der Waals surface area (Å²) in [4.78, 5) is 32.4. The van der Waals surface area contributed by atoms with Crippen LogP contribution in [-0.2, 0) is 17.5 Å². The van der Waals surface area contributed by atoms with Gasteiger partial charge in [0, 0.05) is 31.9 Å². The second-order valence-electron chi connectivity index (χ2n) is 9.06. The van der Waals surface area contributed by atoms with Crippen LogP contribution in [-0.4, -0.2) is 40.3 Å². The summed E-state index contributed by atoms with van der Waals surface area (Å²) in [6.07, 6.45) is -1.10. The van der Waals surface area contributed by atoms with Gasteiger partial charge >= 0.3 is 12.3 Å². The summed E-state index contributed by atoms with van der Waals surface area (Å²) in [6.45, 7) is 2.93. The first-order chi connectivity index (χ1) is 18.1. The van der Waals surface area contributed by atoms with E-state index in [0.29, 0.717) is 24.3 Å². The molecule has 3 N–H and O–H groups in total. The van der Waals surface area contributed by atoms with Crippen molar-refractivity contribution < 1.29 is 32.6 Å². The normalized spacial score (nSPS) is 15.1. The molecule has 1 saturated heterocycles. The van der Waals surface area contributed by atoms with E-state index in [1.807, 2.05) is 0 Å². The molecule has 0 saturated carbocycles. The Morgan fingerprint density at radius 2 is 1.82 bits per heavy atom. The van der Waals surface area contributed by atoms with Crippen molar-refractivity contribution in [1.82, 2.24) is 20.6 Å². The van der Waals surface area contributed by atoms with Crippen LogP contribution in [0.5, 0.6) is 0 Å². The predicted octanol–water partition coefficient (Wildman–Crippen LogP) is 5.32. The number of nitrogens with one attached hydrogen (secondary N) is 2. The fourth-order valence-electron chi connectivity index (χ4n) is 4.33. The lowest BCUT2D eigenvalue weighted by molar-refractivity contribution is -0.137. The maximum absolute atomic E-state index is 13.3. The maximum Gasteiger partial charge on any atom is 0.416 e. The lowest BCUT2D eigenvalue weighted by Crippen LogP contribution is -2.28. The summed E-state index contributed by atoms with van der Waals surface area (Å²) in [7, 11) is 0. The first-order valence-corrected chi connectivity index (χ1v) is 12.1. The molecule has 0 unspecified atom stereocenters. The molecule has 1 aliphatic heterocycles. The SMILES string of the molecule is C[C@@H](NC(=O)c1cncc(C2CCOCC2)n1)c1ccc(-c2cc(C(F)(F)F)ccc2CNC(=O)O)cc1. The highest BCUT2D eigenvalue weighted by molar-refractivity contribution is 5.92. The van der Waals surface area contributed by atoms with Gasteiger partial charge < -0.3 is 20.5 Å². The highest BCUT2D eigenvalue weighted by Gasteiger charge is 2.31. The Morgan fingerprint density at radius 3 is 2.47 bits per heavy atom. The lowest BCUT2D eigenvalue weighted by Gasteiger charge is -2.21. The van der Waals surface area contributed by atoms with E-state index in [-0.39, 0.29) is 29.6 Å². The number of ether oxygens (including phenoxy) is 1. The van der Waals surface area contributed by atoms with E-state index in [1.165, 1.54) is 12.3 Å². The van der Waals surface area contributed by atoms with E-state index in [1.54, 1.807) is 37.4 Å². The van der Waals surface area contributed by atoms with Crippen molar-refractivity contribution in [3.63, 3.8) is 0 Å². The highest BCUT2D eigenvalue weighted by Crippen LogP contribution is 2.34. The van der Waals surface area contributed by atoms with Gasteiger partial charge in [0.15, 0.2) is 0 Å². The lowest BCUT2D eigenvalue weighted by atomic mass is 9.95. The van der Waals surface area contributed by atoms with Crippen LogP contribution >= 0.6 is 0 Å². The minimum Gasteiger partial charge on any atom is -0.465 e. The smallest absolute Gasteiger partial charge is 0.416 e. The molecule has 2 amide bonds. The van der Waals surface area contributed by atoms with Crippen LogP contribution in [0.1, 0.15) is 64.6 Å². The molecular weight excluding hydrogens is 501 g/mol. The molecule has 1 atom stereocenters. The second kappa shape index (κ2) is 11.6. The van der Waals surface area contributed by atoms with Crippen molar-refractivity contribution in [3.8, 4) is 11.1 Å². The number of halogens is 3. The number of hydrogen-bond donors (Lipinski definition) is 3. The van der Waals surface area contributed by atoms with Gasteiger partial charge in [-0.2, -0.15) is 13.2 Å². The van der Waals surface area contributed by atoms with Crippen LogP contribution in [0.3, 0.4) is 0 Å². The highest BCUT2D eigenvalue weighted by atomic mass is 19.4. The first kappa shape index (κ1) is 27.1. The monoisotopic (exact) mass is 528 g/mol. The molecule has 8 nitrogen and oxygen atoms in total. The largest absolute Gasteiger partial charge is 0.465 e. The fraction of sp³-hybridized carbons (Fsp3) is 0.333. The third-order valence-electron chi connectivity index (χ3n) is 6.46. The molecule has 0 spiro atoms. The Morgan fingerprint density at radius 1 is 1.11 bits per heavy atom. The number of carbonyl (C=O) groups excluding carboxylic acids is 1. The molecule has 11 heteroatoms. The molecule has 2 aromatic carbocycles. The standard InChI is InChI=1S/C27H27F3N4O4/c1-16(33-25(35)24-15-31-14-23(34-24)19-8-10-38-11-9-19)17-2-4-18(5-3-17)22-12-21(27(28,29)30)7-6-20(22)13-32-26(36)37/h2-7,12,14-16,19,32H,8-11,13H2,1H3,(H,33,35)(H,36,37)/t16-/m1/s1. The van der Waals surface area contributed by atoms with Gasteiger partial charge in [-0.15, -0.1) is 0 Å². The zero-order valence-corrected chi connectivity index (χ0v) is 20.6. The fourth-order valence-corrected chi connectivity index (χ4v) is 4.33. The molecule has 1 aliphatic rings. The molecule has 2 heterocycles. The van der Waals surface area contributed by atoms with Crippen molar-refractivity contribution in [1.29, 1.82) is 0 Å². The molecule has 200 valence electrons. The van der Waals surface area contributed by atoms with E-state index in [4.69, 9.17) is 9.84 Å². The summed E-state index contributed by atoms with van der Waals surface area (Å²) >= 11 is 0. The van der Waals surface area contributed by atoms with Crippen molar-refractivity contribution in [2.45, 2.75) is 44.4 Å². The number of amides is 2. The number of hydrogen-bond acceptors (Lipinski definition) is 5. The molecule has 4 rings (SSSR count). The number of carboxylic acid groups (broad SMARTS) is 1. The number of nitrogens with zero attached hydrogens (tertiary/aromatic N) is 2. The zero-order valence-electron chi connectivity index (χ0n) is 20.6. The Labute approximate surface area is 217 Å². The van der Waals surface area contributed by atoms with Gasteiger partial charge in [-0.05, 0) is 54.2 Å². The zero-order chi connectivity index (χ0) is 27.3. The molecule has 38 heavy (non-hydrogen) atoms. The van der Waals surface area contributed by atoms with Gasteiger partial charge in [0.2, 0.25) is 0 Å². The van der Waals surface area contributed by atoms with Crippen LogP contribution < -0.4 is 10.6 Å². The number of rotatable bonds is 7. The van der Waals surface area contributed by atoms with E-state index < -0.39 is 23.9 Å². The third kappa shape index (κ3) is 6.65. The molecule has 1 aromatic heterocycles. The van der Waals surface area contributed by atoms with Crippen molar-refractivity contribution >= 4 is 12.0 Å². The van der Waals surface area contributed by atoms with Crippen LogP contribution in [0.15, 0.2) is 54.9 Å². The first-order valence-electron chi connectivity index (χ1n) is 12.1. The Hall–Kier alpha value is -3.99. The average molecular weight is 529 g/mol. The third-order valence-corrected chi connectivity index (χ3v) is 6.46. The van der Waals surface area contributed by atoms with Crippen LogP contribution in [0.2, 0.25) is 0 Å². The molecule has 0 bridgehead atoms. The van der Waals surface area contributed by atoms with E-state index in [9.17, 15) is 22.8 Å². The Balaban J connectivity index is 1.50. The summed E-state index contributed by atoms with van der Waals surface area (Å²) in [5.41, 5.74) is 2.00. The molecule has 0 aliphatic carbocycles. The summed E-state index contributed by atoms with van der Waals surface area (Å²) in [6, 6.07) is 9.47. The average Bonchev–Trinajstić information content (AvgIpc) is 2.92. The van der Waals surface area contributed by atoms with E-state index in [2.05, 4.69) is 20.6 Å². The second-order valence-corrected chi connectivity index (χ2v) is 9.06. The predicted molar refractivity (Wildman–Crippen MR) is 132 cm³/mol. The maximum atomic E-state index is 13.3. The van der Waals surface area contributed by atoms with Crippen molar-refractivity contribution in [2.75, 3.05) is 13.2 Å². The minimum absolute atomic E-state index is 0.148. The Kier molecular flexibility index (Phi) is 8.26. The number of alkyl halides is 3. The quantitative estimate of drug-likeness (QED) is 0.383. The van der Waals surface area contributed by atoms with Gasteiger partial charge in [0.1, 0.15) is 5.69 Å². The number of benzene rings is 2. The summed E-state index contributed by atoms with van der Waals surface area (Å²) < 4.78 is 45.4. The van der Waals surface area contributed by atoms with E-state index >= 15 is 0 Å². The van der Waals surface area contributed by atoms with Crippen molar-refractivity contribution in [2.24, 2.45) is 0 Å². The summed E-state index contributed by atoms with van der Waals surface area (Å²) in [5.74, 6) is -0.191. The van der Waals surface area contributed by atoms with Crippen molar-refractivity contribution in [3.05, 3.63) is 82.9 Å². The molecule has 1 fully saturated rings. The summed E-state index contributed by atoms with van der Waals surface area (Å²) in [5, 5.41) is 14.0. The van der Waals surface area contributed by atoms with Gasteiger partial charge in [0.25, 0.3) is 5.91 Å². The molecule has 3 aromatic rings. The van der Waals surface area contributed by atoms with Gasteiger partial charge in [-0.3, -0.25) is 9.78 Å². The number of carbonyl (C=O) groups is 2. The number of aromatic nitrogens is 2. The Bertz CT molecular complexity index is 1290. The van der Waals surface area contributed by atoms with Gasteiger partial charge in [-0.1, -0.05) is 30.3 Å². The van der Waals surface area contributed by atoms with Gasteiger partial charge in [-0.25, -0.2) is 9.78 Å². The van der Waals surface area contributed by atoms with Crippen LogP contribution in [0, 0.1) is 0 Å². The van der Waals surface area contributed by atoms with Crippen LogP contribution in [0.4, 0.5) is 18.0 Å². The minimum atomic E-state index is -4.54. The van der Waals surface area contributed by atoms with Crippen LogP contribution in [0.25, 0.3) is 11.1 Å². The van der Waals surface area contributed by atoms with E-state index in [0.717, 1.165) is 36.2 Å². The molecular formula is C27H27F3N4O4. The van der Waals surface area contributed by atoms with Gasteiger partial charge in [0.05, 0.1) is 23.5 Å². The molecule has 0 radical (unpaired) electrons. The topological polar surface area (TPSA) is 113 Å².